The number of furan rings is 1. The van der Waals surface area contributed by atoms with Crippen LogP contribution in [0.2, 0.25) is 0 Å². The number of nitrogens with zero attached hydrogens (tertiary/aromatic N) is 1. The summed E-state index contributed by atoms with van der Waals surface area (Å²) in [5.41, 5.74) is 1.87. The quantitative estimate of drug-likeness (QED) is 0.797. The molecule has 1 amide bonds. The first-order valence-corrected chi connectivity index (χ1v) is 6.64. The van der Waals surface area contributed by atoms with Crippen LogP contribution >= 0.6 is 0 Å². The molecule has 0 saturated heterocycles. The molecule has 22 heavy (non-hydrogen) atoms. The molecule has 0 saturated carbocycles. The molecule has 1 aromatic carbocycles. The lowest BCUT2D eigenvalue weighted by atomic mass is 10.1. The molecule has 0 aliphatic heterocycles. The minimum atomic E-state index is -0.276. The third kappa shape index (κ3) is 2.71. The van der Waals surface area contributed by atoms with Gasteiger partial charge in [0.25, 0.3) is 5.91 Å². The Hall–Kier alpha value is -3.02. The predicted molar refractivity (Wildman–Crippen MR) is 79.9 cm³/mol. The van der Waals surface area contributed by atoms with Gasteiger partial charge in [-0.1, -0.05) is 5.16 Å². The van der Waals surface area contributed by atoms with Gasteiger partial charge in [-0.25, -0.2) is 0 Å². The van der Waals surface area contributed by atoms with Crippen LogP contribution in [0.3, 0.4) is 0 Å². The van der Waals surface area contributed by atoms with E-state index in [0.29, 0.717) is 22.8 Å². The first-order valence-electron chi connectivity index (χ1n) is 6.64. The molecule has 0 spiro atoms. The Morgan fingerprint density at radius 3 is 2.82 bits per heavy atom. The van der Waals surface area contributed by atoms with Crippen molar-refractivity contribution in [3.05, 3.63) is 53.8 Å². The van der Waals surface area contributed by atoms with Crippen molar-refractivity contribution < 1.29 is 18.5 Å². The van der Waals surface area contributed by atoms with Crippen molar-refractivity contribution in [3.63, 3.8) is 0 Å². The average Bonchev–Trinajstić information content (AvgIpc) is 3.17. The van der Waals surface area contributed by atoms with Gasteiger partial charge in [-0.2, -0.15) is 0 Å². The van der Waals surface area contributed by atoms with Crippen LogP contribution in [0.5, 0.6) is 5.75 Å². The van der Waals surface area contributed by atoms with Gasteiger partial charge in [0.1, 0.15) is 5.75 Å². The van der Waals surface area contributed by atoms with E-state index in [1.807, 2.05) is 6.92 Å². The van der Waals surface area contributed by atoms with Gasteiger partial charge in [0.2, 0.25) is 5.88 Å². The summed E-state index contributed by atoms with van der Waals surface area (Å²) in [4.78, 5) is 12.3. The number of hydrogen-bond acceptors (Lipinski definition) is 5. The Morgan fingerprint density at radius 2 is 2.14 bits per heavy atom. The van der Waals surface area contributed by atoms with Crippen LogP contribution < -0.4 is 10.1 Å². The first-order chi connectivity index (χ1) is 10.7. The maximum atomic E-state index is 12.3. The fraction of sp³-hybridized carbons (Fsp3) is 0.125. The summed E-state index contributed by atoms with van der Waals surface area (Å²) in [6.07, 6.45) is 1.54. The molecule has 0 fully saturated rings. The highest BCUT2D eigenvalue weighted by atomic mass is 16.5. The highest BCUT2D eigenvalue weighted by Gasteiger charge is 2.14. The number of aryl methyl sites for hydroxylation is 1. The van der Waals surface area contributed by atoms with Crippen LogP contribution in [0.25, 0.3) is 11.5 Å². The highest BCUT2D eigenvalue weighted by Crippen LogP contribution is 2.23. The van der Waals surface area contributed by atoms with E-state index in [2.05, 4.69) is 10.5 Å². The van der Waals surface area contributed by atoms with Crippen molar-refractivity contribution in [2.45, 2.75) is 6.92 Å². The third-order valence-electron chi connectivity index (χ3n) is 3.20. The summed E-state index contributed by atoms with van der Waals surface area (Å²) >= 11 is 0. The number of carbonyl (C=O) groups is 1. The summed E-state index contributed by atoms with van der Waals surface area (Å²) < 4.78 is 15.4. The van der Waals surface area contributed by atoms with Crippen molar-refractivity contribution in [3.8, 4) is 17.2 Å². The summed E-state index contributed by atoms with van der Waals surface area (Å²) in [6, 6.07) is 10.4. The zero-order valence-electron chi connectivity index (χ0n) is 12.1. The van der Waals surface area contributed by atoms with E-state index in [-0.39, 0.29) is 11.8 Å². The second-order valence-corrected chi connectivity index (χ2v) is 4.69. The summed E-state index contributed by atoms with van der Waals surface area (Å²) in [5.74, 6) is 1.26. The number of carbonyl (C=O) groups excluding carboxylic acids is 1. The van der Waals surface area contributed by atoms with Crippen LogP contribution in [0.15, 0.2) is 51.6 Å². The second-order valence-electron chi connectivity index (χ2n) is 4.69. The topological polar surface area (TPSA) is 77.5 Å². The van der Waals surface area contributed by atoms with E-state index in [1.165, 1.54) is 0 Å². The standard InChI is InChI=1S/C16H14N2O4/c1-10-8-11(20-2)5-6-12(10)16(19)17-15-9-13(18-22-15)14-4-3-7-21-14/h3-9H,1-2H3,(H,17,19). The number of aromatic nitrogens is 1. The number of hydrogen-bond donors (Lipinski definition) is 1. The number of amides is 1. The molecule has 2 aromatic heterocycles. The van der Waals surface area contributed by atoms with Crippen molar-refractivity contribution in [2.24, 2.45) is 0 Å². The molecule has 0 atom stereocenters. The predicted octanol–water partition coefficient (Wildman–Crippen LogP) is 3.50. The summed E-state index contributed by atoms with van der Waals surface area (Å²) in [5, 5.41) is 6.52. The Bertz CT molecular complexity index is 790. The summed E-state index contributed by atoms with van der Waals surface area (Å²) in [7, 11) is 1.58. The SMILES string of the molecule is COc1ccc(C(=O)Nc2cc(-c3ccco3)no2)c(C)c1. The van der Waals surface area contributed by atoms with Crippen LogP contribution in [0, 0.1) is 6.92 Å². The van der Waals surface area contributed by atoms with Crippen LogP contribution in [-0.4, -0.2) is 18.2 Å². The Balaban J connectivity index is 1.77. The smallest absolute Gasteiger partial charge is 0.258 e. The Morgan fingerprint density at radius 1 is 1.27 bits per heavy atom. The Kier molecular flexibility index (Phi) is 3.65. The van der Waals surface area contributed by atoms with Crippen molar-refractivity contribution in [2.75, 3.05) is 12.4 Å². The van der Waals surface area contributed by atoms with Crippen molar-refractivity contribution in [1.82, 2.24) is 5.16 Å². The number of rotatable bonds is 4. The summed E-state index contributed by atoms with van der Waals surface area (Å²) in [6.45, 7) is 1.84. The van der Waals surface area contributed by atoms with E-state index >= 15 is 0 Å². The molecule has 2 heterocycles. The lowest BCUT2D eigenvalue weighted by molar-refractivity contribution is 0.102. The first kappa shape index (κ1) is 13.9. The molecule has 3 rings (SSSR count). The maximum Gasteiger partial charge on any atom is 0.258 e. The number of ether oxygens (including phenoxy) is 1. The highest BCUT2D eigenvalue weighted by molar-refractivity contribution is 6.04. The number of benzene rings is 1. The second kappa shape index (κ2) is 5.77. The van der Waals surface area contributed by atoms with E-state index in [4.69, 9.17) is 13.7 Å². The molecular formula is C16H14N2O4. The average molecular weight is 298 g/mol. The zero-order chi connectivity index (χ0) is 15.5. The monoisotopic (exact) mass is 298 g/mol. The molecule has 6 nitrogen and oxygen atoms in total. The molecule has 1 N–H and O–H groups in total. The molecule has 0 radical (unpaired) electrons. The lowest BCUT2D eigenvalue weighted by Crippen LogP contribution is -2.12. The molecule has 0 aliphatic carbocycles. The molecule has 3 aromatic rings. The largest absolute Gasteiger partial charge is 0.497 e. The van der Waals surface area contributed by atoms with Gasteiger partial charge in [-0.3, -0.25) is 10.1 Å². The van der Waals surface area contributed by atoms with Gasteiger partial charge in [-0.05, 0) is 42.8 Å². The number of nitrogens with one attached hydrogen (secondary N) is 1. The lowest BCUT2D eigenvalue weighted by Gasteiger charge is -2.07. The maximum absolute atomic E-state index is 12.3. The Labute approximate surface area is 126 Å². The fourth-order valence-electron chi connectivity index (χ4n) is 2.07. The van der Waals surface area contributed by atoms with Gasteiger partial charge in [0, 0.05) is 11.6 Å². The van der Waals surface area contributed by atoms with Crippen molar-refractivity contribution >= 4 is 11.8 Å². The molecular weight excluding hydrogens is 284 g/mol. The van der Waals surface area contributed by atoms with E-state index in [0.717, 1.165) is 5.56 Å². The third-order valence-corrected chi connectivity index (χ3v) is 3.20. The minimum absolute atomic E-state index is 0.256. The van der Waals surface area contributed by atoms with Gasteiger partial charge in [0.05, 0.1) is 13.4 Å². The van der Waals surface area contributed by atoms with Gasteiger partial charge < -0.3 is 13.7 Å². The molecule has 0 aliphatic rings. The van der Waals surface area contributed by atoms with E-state index < -0.39 is 0 Å². The van der Waals surface area contributed by atoms with Gasteiger partial charge in [-0.15, -0.1) is 0 Å². The van der Waals surface area contributed by atoms with Gasteiger partial charge >= 0.3 is 0 Å². The van der Waals surface area contributed by atoms with E-state index in [1.54, 1.807) is 49.8 Å². The zero-order valence-corrected chi connectivity index (χ0v) is 12.1. The van der Waals surface area contributed by atoms with Gasteiger partial charge in [0.15, 0.2) is 11.5 Å². The number of methoxy groups -OCH3 is 1. The number of anilines is 1. The molecule has 6 heteroatoms. The van der Waals surface area contributed by atoms with E-state index in [9.17, 15) is 4.79 Å². The normalized spacial score (nSPS) is 10.5. The molecule has 112 valence electrons. The van der Waals surface area contributed by atoms with Crippen LogP contribution in [0.1, 0.15) is 15.9 Å². The minimum Gasteiger partial charge on any atom is -0.497 e. The van der Waals surface area contributed by atoms with Crippen LogP contribution in [-0.2, 0) is 0 Å². The van der Waals surface area contributed by atoms with Crippen LogP contribution in [0.4, 0.5) is 5.88 Å². The fourth-order valence-corrected chi connectivity index (χ4v) is 2.07. The molecule has 0 bridgehead atoms. The molecule has 0 unspecified atom stereocenters. The van der Waals surface area contributed by atoms with Crippen molar-refractivity contribution in [1.29, 1.82) is 0 Å².